The highest BCUT2D eigenvalue weighted by atomic mass is 32.2. The third-order valence-corrected chi connectivity index (χ3v) is 2.23. The van der Waals surface area contributed by atoms with Gasteiger partial charge >= 0.3 is 0 Å². The maximum atomic E-state index is 8.48. The SMILES string of the molecule is C#CCSCCNCCCCO. The Morgan fingerprint density at radius 2 is 2.17 bits per heavy atom. The zero-order chi connectivity index (χ0) is 9.07. The van der Waals surface area contributed by atoms with Crippen molar-refractivity contribution in [1.82, 2.24) is 5.32 Å². The standard InChI is InChI=1S/C9H17NOS/c1-2-8-12-9-6-10-5-3-4-7-11/h1,10-11H,3-9H2. The summed E-state index contributed by atoms with van der Waals surface area (Å²) in [5.74, 6) is 4.46. The van der Waals surface area contributed by atoms with E-state index in [-0.39, 0.29) is 0 Å². The van der Waals surface area contributed by atoms with E-state index in [9.17, 15) is 0 Å². The smallest absolute Gasteiger partial charge is 0.0545 e. The maximum Gasteiger partial charge on any atom is 0.0545 e. The molecule has 0 aliphatic heterocycles. The summed E-state index contributed by atoms with van der Waals surface area (Å²) >= 11 is 1.77. The Hall–Kier alpha value is -0.170. The van der Waals surface area contributed by atoms with Crippen LogP contribution in [-0.4, -0.2) is 36.3 Å². The Balaban J connectivity index is 2.78. The number of unbranched alkanes of at least 4 members (excludes halogenated alkanes) is 1. The molecule has 3 heteroatoms. The molecule has 0 aliphatic carbocycles. The van der Waals surface area contributed by atoms with Crippen LogP contribution >= 0.6 is 11.8 Å². The number of nitrogens with one attached hydrogen (secondary N) is 1. The monoisotopic (exact) mass is 187 g/mol. The summed E-state index contributed by atoms with van der Waals surface area (Å²) in [6.45, 7) is 2.31. The van der Waals surface area contributed by atoms with Crippen molar-refractivity contribution in [3.8, 4) is 12.3 Å². The predicted octanol–water partition coefficient (Wildman–Crippen LogP) is 0.715. The van der Waals surface area contributed by atoms with Gasteiger partial charge in [-0.05, 0) is 19.4 Å². The summed E-state index contributed by atoms with van der Waals surface area (Å²) < 4.78 is 0. The molecular weight excluding hydrogens is 170 g/mol. The van der Waals surface area contributed by atoms with E-state index in [1.807, 2.05) is 0 Å². The molecule has 0 heterocycles. The molecule has 0 aromatic heterocycles. The van der Waals surface area contributed by atoms with Gasteiger partial charge in [0.05, 0.1) is 5.75 Å². The Labute approximate surface area is 79.1 Å². The summed E-state index contributed by atoms with van der Waals surface area (Å²) in [5.41, 5.74) is 0. The lowest BCUT2D eigenvalue weighted by Crippen LogP contribution is -2.18. The van der Waals surface area contributed by atoms with E-state index >= 15 is 0 Å². The minimum absolute atomic E-state index is 0.299. The first-order chi connectivity index (χ1) is 5.91. The van der Waals surface area contributed by atoms with Gasteiger partial charge in [-0.3, -0.25) is 0 Å². The molecule has 0 aliphatic rings. The fraction of sp³-hybridized carbons (Fsp3) is 0.778. The fourth-order valence-electron chi connectivity index (χ4n) is 0.762. The fourth-order valence-corrected chi connectivity index (χ4v) is 1.31. The molecule has 0 aromatic carbocycles. The number of thioether (sulfide) groups is 1. The lowest BCUT2D eigenvalue weighted by atomic mass is 10.3. The summed E-state index contributed by atoms with van der Waals surface area (Å²) in [6.07, 6.45) is 7.04. The van der Waals surface area contributed by atoms with E-state index in [2.05, 4.69) is 11.2 Å². The van der Waals surface area contributed by atoms with Crippen molar-refractivity contribution in [2.45, 2.75) is 12.8 Å². The van der Waals surface area contributed by atoms with Crippen molar-refractivity contribution in [3.05, 3.63) is 0 Å². The van der Waals surface area contributed by atoms with Gasteiger partial charge in [0.2, 0.25) is 0 Å². The van der Waals surface area contributed by atoms with Gasteiger partial charge in [0.1, 0.15) is 0 Å². The molecule has 2 nitrogen and oxygen atoms in total. The molecule has 0 fully saturated rings. The lowest BCUT2D eigenvalue weighted by Gasteiger charge is -2.01. The number of aliphatic hydroxyl groups excluding tert-OH is 1. The van der Waals surface area contributed by atoms with Crippen LogP contribution in [0.3, 0.4) is 0 Å². The van der Waals surface area contributed by atoms with Crippen molar-refractivity contribution < 1.29 is 5.11 Å². The van der Waals surface area contributed by atoms with Crippen LogP contribution in [0.2, 0.25) is 0 Å². The largest absolute Gasteiger partial charge is 0.396 e. The zero-order valence-corrected chi connectivity index (χ0v) is 8.20. The molecule has 12 heavy (non-hydrogen) atoms. The molecule has 0 unspecified atom stereocenters. The molecule has 2 N–H and O–H groups in total. The van der Waals surface area contributed by atoms with Crippen molar-refractivity contribution in [2.24, 2.45) is 0 Å². The van der Waals surface area contributed by atoms with Gasteiger partial charge in [-0.1, -0.05) is 5.92 Å². The predicted molar refractivity (Wildman–Crippen MR) is 55.3 cm³/mol. The van der Waals surface area contributed by atoms with Crippen LogP contribution in [0.1, 0.15) is 12.8 Å². The average Bonchev–Trinajstić information content (AvgIpc) is 2.10. The van der Waals surface area contributed by atoms with E-state index < -0.39 is 0 Å². The molecule has 0 rings (SSSR count). The number of rotatable bonds is 8. The van der Waals surface area contributed by atoms with E-state index in [0.29, 0.717) is 6.61 Å². The van der Waals surface area contributed by atoms with Crippen LogP contribution in [0.25, 0.3) is 0 Å². The highest BCUT2D eigenvalue weighted by Gasteiger charge is 1.88. The summed E-state index contributed by atoms with van der Waals surface area (Å²) in [5, 5.41) is 11.8. The van der Waals surface area contributed by atoms with Crippen molar-refractivity contribution in [3.63, 3.8) is 0 Å². The van der Waals surface area contributed by atoms with Crippen molar-refractivity contribution in [2.75, 3.05) is 31.2 Å². The third kappa shape index (κ3) is 9.83. The van der Waals surface area contributed by atoms with Gasteiger partial charge < -0.3 is 10.4 Å². The average molecular weight is 187 g/mol. The van der Waals surface area contributed by atoms with Gasteiger partial charge in [0.15, 0.2) is 0 Å². The number of hydrogen-bond donors (Lipinski definition) is 2. The Bertz CT molecular complexity index is 122. The topological polar surface area (TPSA) is 32.3 Å². The van der Waals surface area contributed by atoms with E-state index in [0.717, 1.165) is 37.4 Å². The lowest BCUT2D eigenvalue weighted by molar-refractivity contribution is 0.284. The van der Waals surface area contributed by atoms with Crippen LogP contribution < -0.4 is 5.32 Å². The number of aliphatic hydroxyl groups is 1. The molecule has 0 amide bonds. The Morgan fingerprint density at radius 3 is 2.83 bits per heavy atom. The summed E-state index contributed by atoms with van der Waals surface area (Å²) in [4.78, 5) is 0. The summed E-state index contributed by atoms with van der Waals surface area (Å²) in [7, 11) is 0. The first-order valence-electron chi connectivity index (χ1n) is 4.24. The van der Waals surface area contributed by atoms with Crippen LogP contribution in [0.5, 0.6) is 0 Å². The van der Waals surface area contributed by atoms with Crippen molar-refractivity contribution in [1.29, 1.82) is 0 Å². The van der Waals surface area contributed by atoms with Crippen LogP contribution in [0, 0.1) is 12.3 Å². The second kappa shape index (κ2) is 10.8. The quantitative estimate of drug-likeness (QED) is 0.434. The molecule has 0 saturated heterocycles. The number of terminal acetylenes is 1. The second-order valence-electron chi connectivity index (χ2n) is 2.44. The van der Waals surface area contributed by atoms with E-state index in [1.165, 1.54) is 0 Å². The van der Waals surface area contributed by atoms with Gasteiger partial charge in [0.25, 0.3) is 0 Å². The van der Waals surface area contributed by atoms with Gasteiger partial charge in [-0.2, -0.15) is 0 Å². The van der Waals surface area contributed by atoms with Crippen LogP contribution in [0.15, 0.2) is 0 Å². The Morgan fingerprint density at radius 1 is 1.33 bits per heavy atom. The zero-order valence-electron chi connectivity index (χ0n) is 7.38. The minimum atomic E-state index is 0.299. The van der Waals surface area contributed by atoms with Gasteiger partial charge in [-0.25, -0.2) is 0 Å². The van der Waals surface area contributed by atoms with Crippen LogP contribution in [0.4, 0.5) is 0 Å². The molecular formula is C9H17NOS. The van der Waals surface area contributed by atoms with Gasteiger partial charge in [-0.15, -0.1) is 18.2 Å². The molecule has 70 valence electrons. The molecule has 0 saturated carbocycles. The molecule has 0 bridgehead atoms. The van der Waals surface area contributed by atoms with E-state index in [4.69, 9.17) is 11.5 Å². The minimum Gasteiger partial charge on any atom is -0.396 e. The molecule has 0 aromatic rings. The van der Waals surface area contributed by atoms with E-state index in [1.54, 1.807) is 11.8 Å². The second-order valence-corrected chi connectivity index (χ2v) is 3.54. The van der Waals surface area contributed by atoms with Crippen molar-refractivity contribution >= 4 is 11.8 Å². The first-order valence-corrected chi connectivity index (χ1v) is 5.40. The normalized spacial score (nSPS) is 9.67. The van der Waals surface area contributed by atoms with Crippen LogP contribution in [-0.2, 0) is 0 Å². The molecule has 0 spiro atoms. The summed E-state index contributed by atoms with van der Waals surface area (Å²) in [6, 6.07) is 0. The molecule has 0 atom stereocenters. The van der Waals surface area contributed by atoms with Gasteiger partial charge in [0, 0.05) is 18.9 Å². The highest BCUT2D eigenvalue weighted by Crippen LogP contribution is 1.95. The highest BCUT2D eigenvalue weighted by molar-refractivity contribution is 7.99. The number of hydrogen-bond acceptors (Lipinski definition) is 3. The Kier molecular flexibility index (Phi) is 10.7. The third-order valence-electron chi connectivity index (χ3n) is 1.37. The first kappa shape index (κ1) is 11.8. The molecule has 0 radical (unpaired) electrons. The maximum absolute atomic E-state index is 8.48.